The molecule has 0 amide bonds. The van der Waals surface area contributed by atoms with Gasteiger partial charge in [-0.15, -0.1) is 0 Å². The van der Waals surface area contributed by atoms with Gasteiger partial charge in [-0.25, -0.2) is 19.6 Å². The molecule has 3 aromatic heterocycles. The predicted octanol–water partition coefficient (Wildman–Crippen LogP) is 2.97. The van der Waals surface area contributed by atoms with E-state index in [2.05, 4.69) is 36.0 Å². The molecule has 0 aliphatic heterocycles. The van der Waals surface area contributed by atoms with E-state index in [4.69, 9.17) is 16.3 Å². The van der Waals surface area contributed by atoms with Crippen molar-refractivity contribution in [1.82, 2.24) is 24.7 Å². The first-order chi connectivity index (χ1) is 9.16. The Labute approximate surface area is 121 Å². The minimum absolute atomic E-state index is 0.272. The molecule has 3 rings (SSSR count). The summed E-state index contributed by atoms with van der Waals surface area (Å²) in [7, 11) is 1.79. The van der Waals surface area contributed by atoms with Gasteiger partial charge >= 0.3 is 0 Å². The molecule has 3 heterocycles. The van der Waals surface area contributed by atoms with Gasteiger partial charge in [0.25, 0.3) is 0 Å². The second-order valence-electron chi connectivity index (χ2n) is 3.69. The van der Waals surface area contributed by atoms with Crippen molar-refractivity contribution in [3.63, 3.8) is 0 Å². The molecule has 19 heavy (non-hydrogen) atoms. The third kappa shape index (κ3) is 2.15. The van der Waals surface area contributed by atoms with Crippen molar-refractivity contribution >= 4 is 38.6 Å². The Morgan fingerprint density at radius 3 is 2.95 bits per heavy atom. The van der Waals surface area contributed by atoms with Crippen LogP contribution in [0, 0.1) is 0 Å². The molecule has 0 N–H and O–H groups in total. The van der Waals surface area contributed by atoms with Gasteiger partial charge < -0.3 is 4.74 Å². The molecule has 0 saturated heterocycles. The lowest BCUT2D eigenvalue weighted by Gasteiger charge is -2.06. The van der Waals surface area contributed by atoms with Crippen molar-refractivity contribution in [2.24, 2.45) is 7.05 Å². The van der Waals surface area contributed by atoms with Crippen molar-refractivity contribution in [3.8, 4) is 11.6 Å². The summed E-state index contributed by atoms with van der Waals surface area (Å²) in [5.41, 5.74) is 0.664. The molecule has 96 valence electrons. The van der Waals surface area contributed by atoms with E-state index >= 15 is 0 Å². The standard InChI is InChI=1S/C11H7BrClN5O/c1-18-10-7(8(12)17-18)11(16-5-15-10)19-6-3-2-4-14-9(6)13/h2-5H,1H3. The number of fused-ring (bicyclic) bond motifs is 1. The fourth-order valence-corrected chi connectivity index (χ4v) is 2.39. The Balaban J connectivity index is 2.14. The van der Waals surface area contributed by atoms with Gasteiger partial charge in [0.15, 0.2) is 16.5 Å². The number of hydrogen-bond donors (Lipinski definition) is 0. The highest BCUT2D eigenvalue weighted by molar-refractivity contribution is 9.10. The minimum Gasteiger partial charge on any atom is -0.435 e. The first kappa shape index (κ1) is 12.3. The molecule has 0 fully saturated rings. The summed E-state index contributed by atoms with van der Waals surface area (Å²) in [6.45, 7) is 0. The molecule has 0 saturated carbocycles. The summed E-state index contributed by atoms with van der Waals surface area (Å²) < 4.78 is 7.94. The Morgan fingerprint density at radius 1 is 1.32 bits per heavy atom. The third-order valence-corrected chi connectivity index (χ3v) is 3.31. The quantitative estimate of drug-likeness (QED) is 0.671. The SMILES string of the molecule is Cn1nc(Br)c2c(Oc3cccnc3Cl)ncnc21. The Hall–Kier alpha value is -1.73. The van der Waals surface area contributed by atoms with Crippen LogP contribution in [0.5, 0.6) is 11.6 Å². The van der Waals surface area contributed by atoms with Crippen LogP contribution in [0.15, 0.2) is 29.3 Å². The molecule has 6 nitrogen and oxygen atoms in total. The number of ether oxygens (including phenoxy) is 1. The molecule has 0 aliphatic rings. The average Bonchev–Trinajstić information content (AvgIpc) is 2.69. The highest BCUT2D eigenvalue weighted by atomic mass is 79.9. The van der Waals surface area contributed by atoms with Gasteiger partial charge in [-0.1, -0.05) is 11.6 Å². The second-order valence-corrected chi connectivity index (χ2v) is 4.80. The number of rotatable bonds is 2. The molecule has 0 bridgehead atoms. The van der Waals surface area contributed by atoms with E-state index < -0.39 is 0 Å². The van der Waals surface area contributed by atoms with Crippen LogP contribution < -0.4 is 4.74 Å². The smallest absolute Gasteiger partial charge is 0.234 e. The van der Waals surface area contributed by atoms with Crippen LogP contribution >= 0.6 is 27.5 Å². The van der Waals surface area contributed by atoms with Crippen molar-refractivity contribution in [2.45, 2.75) is 0 Å². The Kier molecular flexibility index (Phi) is 3.08. The summed E-state index contributed by atoms with van der Waals surface area (Å²) in [4.78, 5) is 12.2. The molecular weight excluding hydrogens is 334 g/mol. The first-order valence-corrected chi connectivity index (χ1v) is 6.45. The van der Waals surface area contributed by atoms with Crippen LogP contribution in [0.3, 0.4) is 0 Å². The number of aryl methyl sites for hydroxylation is 1. The Morgan fingerprint density at radius 2 is 2.16 bits per heavy atom. The lowest BCUT2D eigenvalue weighted by molar-refractivity contribution is 0.466. The normalized spacial score (nSPS) is 10.9. The largest absolute Gasteiger partial charge is 0.435 e. The maximum atomic E-state index is 5.96. The monoisotopic (exact) mass is 339 g/mol. The van der Waals surface area contributed by atoms with E-state index in [-0.39, 0.29) is 5.15 Å². The molecule has 0 aliphatic carbocycles. The van der Waals surface area contributed by atoms with Gasteiger partial charge in [-0.2, -0.15) is 5.10 Å². The summed E-state index contributed by atoms with van der Waals surface area (Å²) in [5, 5.41) is 5.17. The van der Waals surface area contributed by atoms with E-state index in [0.29, 0.717) is 27.3 Å². The predicted molar refractivity (Wildman–Crippen MR) is 73.3 cm³/mol. The fraction of sp³-hybridized carbons (Fsp3) is 0.0909. The highest BCUT2D eigenvalue weighted by Crippen LogP contribution is 2.33. The summed E-state index contributed by atoms with van der Waals surface area (Å²) in [6, 6.07) is 3.45. The molecule has 0 spiro atoms. The fourth-order valence-electron chi connectivity index (χ4n) is 1.64. The molecule has 0 unspecified atom stereocenters. The zero-order valence-electron chi connectivity index (χ0n) is 9.71. The number of hydrogen-bond acceptors (Lipinski definition) is 5. The van der Waals surface area contributed by atoms with Crippen LogP contribution in [0.1, 0.15) is 0 Å². The van der Waals surface area contributed by atoms with Crippen molar-refractivity contribution < 1.29 is 4.74 Å². The topological polar surface area (TPSA) is 65.7 Å². The number of halogens is 2. The minimum atomic E-state index is 0.272. The lowest BCUT2D eigenvalue weighted by atomic mass is 10.4. The summed E-state index contributed by atoms with van der Waals surface area (Å²) in [5.74, 6) is 0.805. The molecule has 0 aromatic carbocycles. The third-order valence-electron chi connectivity index (χ3n) is 2.47. The van der Waals surface area contributed by atoms with E-state index in [9.17, 15) is 0 Å². The van der Waals surface area contributed by atoms with E-state index in [1.165, 1.54) is 6.33 Å². The summed E-state index contributed by atoms with van der Waals surface area (Å²) in [6.07, 6.45) is 3.00. The molecule has 0 radical (unpaired) electrons. The van der Waals surface area contributed by atoms with Gasteiger partial charge in [0, 0.05) is 13.2 Å². The van der Waals surface area contributed by atoms with Gasteiger partial charge in [0.2, 0.25) is 5.88 Å². The van der Waals surface area contributed by atoms with Gasteiger partial charge in [0.05, 0.1) is 0 Å². The first-order valence-electron chi connectivity index (χ1n) is 5.28. The highest BCUT2D eigenvalue weighted by Gasteiger charge is 2.16. The zero-order valence-corrected chi connectivity index (χ0v) is 12.1. The zero-order chi connectivity index (χ0) is 13.4. The second kappa shape index (κ2) is 4.75. The molecule has 0 atom stereocenters. The van der Waals surface area contributed by atoms with Crippen LogP contribution in [0.2, 0.25) is 5.15 Å². The molecule has 8 heteroatoms. The maximum Gasteiger partial charge on any atom is 0.234 e. The van der Waals surface area contributed by atoms with Crippen LogP contribution in [-0.4, -0.2) is 24.7 Å². The lowest BCUT2D eigenvalue weighted by Crippen LogP contribution is -1.94. The average molecular weight is 341 g/mol. The summed E-state index contributed by atoms with van der Waals surface area (Å²) >= 11 is 9.32. The Bertz CT molecular complexity index is 760. The number of aromatic nitrogens is 5. The van der Waals surface area contributed by atoms with Crippen LogP contribution in [0.4, 0.5) is 0 Å². The van der Waals surface area contributed by atoms with Gasteiger partial charge in [0.1, 0.15) is 16.3 Å². The van der Waals surface area contributed by atoms with Crippen LogP contribution in [-0.2, 0) is 7.05 Å². The van der Waals surface area contributed by atoms with E-state index in [1.807, 2.05) is 0 Å². The molecular formula is C11H7BrClN5O. The van der Waals surface area contributed by atoms with Crippen molar-refractivity contribution in [1.29, 1.82) is 0 Å². The van der Waals surface area contributed by atoms with Gasteiger partial charge in [-0.3, -0.25) is 0 Å². The number of pyridine rings is 1. The van der Waals surface area contributed by atoms with E-state index in [0.717, 1.165) is 0 Å². The maximum absolute atomic E-state index is 5.96. The number of nitrogens with zero attached hydrogens (tertiary/aromatic N) is 5. The van der Waals surface area contributed by atoms with Crippen molar-refractivity contribution in [3.05, 3.63) is 34.4 Å². The van der Waals surface area contributed by atoms with E-state index in [1.54, 1.807) is 30.1 Å². The van der Waals surface area contributed by atoms with Gasteiger partial charge in [-0.05, 0) is 28.1 Å². The molecule has 3 aromatic rings. The van der Waals surface area contributed by atoms with Crippen LogP contribution in [0.25, 0.3) is 11.0 Å². The van der Waals surface area contributed by atoms with Crippen molar-refractivity contribution in [2.75, 3.05) is 0 Å².